The molecule has 0 saturated carbocycles. The van der Waals surface area contributed by atoms with Crippen molar-refractivity contribution in [3.05, 3.63) is 63.6 Å². The van der Waals surface area contributed by atoms with E-state index in [9.17, 15) is 0 Å². The molecule has 0 amide bonds. The van der Waals surface area contributed by atoms with Gasteiger partial charge in [0.25, 0.3) is 0 Å². The highest BCUT2D eigenvalue weighted by atomic mass is 79.9. The van der Waals surface area contributed by atoms with Gasteiger partial charge in [0, 0.05) is 18.1 Å². The van der Waals surface area contributed by atoms with E-state index in [1.165, 1.54) is 11.1 Å². The van der Waals surface area contributed by atoms with E-state index in [4.69, 9.17) is 5.26 Å². The first kappa shape index (κ1) is 13.6. The molecule has 96 valence electrons. The fraction of sp³-hybridized carbons (Fsp3) is 0.188. The summed E-state index contributed by atoms with van der Waals surface area (Å²) in [5, 5.41) is 8.87. The third-order valence-corrected chi connectivity index (χ3v) is 3.63. The van der Waals surface area contributed by atoms with Gasteiger partial charge in [0.15, 0.2) is 0 Å². The second-order valence-electron chi connectivity index (χ2n) is 4.62. The molecule has 2 aromatic carbocycles. The summed E-state index contributed by atoms with van der Waals surface area (Å²) in [6.07, 6.45) is 0. The monoisotopic (exact) mass is 314 g/mol. The average Bonchev–Trinajstić information content (AvgIpc) is 2.38. The lowest BCUT2D eigenvalue weighted by atomic mass is 10.1. The standard InChI is InChI=1S/C16H15BrN2/c1-12-4-3-5-14(8-12)11-19(2)16-7-6-13(10-18)9-15(16)17/h3-9H,11H2,1-2H3. The minimum atomic E-state index is 0.666. The molecule has 0 fully saturated rings. The van der Waals surface area contributed by atoms with E-state index in [0.29, 0.717) is 5.56 Å². The molecule has 0 bridgehead atoms. The van der Waals surface area contributed by atoms with Crippen LogP contribution < -0.4 is 4.90 Å². The fourth-order valence-electron chi connectivity index (χ4n) is 2.06. The first-order valence-corrected chi connectivity index (χ1v) is 6.86. The van der Waals surface area contributed by atoms with Crippen molar-refractivity contribution < 1.29 is 0 Å². The first-order valence-electron chi connectivity index (χ1n) is 6.06. The summed E-state index contributed by atoms with van der Waals surface area (Å²) in [5.41, 5.74) is 4.30. The van der Waals surface area contributed by atoms with E-state index < -0.39 is 0 Å². The molecule has 0 aromatic heterocycles. The van der Waals surface area contributed by atoms with E-state index in [1.54, 1.807) is 0 Å². The van der Waals surface area contributed by atoms with Crippen molar-refractivity contribution in [2.45, 2.75) is 13.5 Å². The second-order valence-corrected chi connectivity index (χ2v) is 5.48. The van der Waals surface area contributed by atoms with Gasteiger partial charge in [-0.25, -0.2) is 0 Å². The summed E-state index contributed by atoms with van der Waals surface area (Å²) in [6.45, 7) is 2.94. The Balaban J connectivity index is 2.21. The molecule has 0 radical (unpaired) electrons. The first-order chi connectivity index (χ1) is 9.10. The van der Waals surface area contributed by atoms with Crippen molar-refractivity contribution in [2.24, 2.45) is 0 Å². The molecule has 0 N–H and O–H groups in total. The van der Waals surface area contributed by atoms with Crippen molar-refractivity contribution in [3.63, 3.8) is 0 Å². The lowest BCUT2D eigenvalue weighted by molar-refractivity contribution is 0.918. The van der Waals surface area contributed by atoms with Gasteiger partial charge < -0.3 is 4.90 Å². The minimum absolute atomic E-state index is 0.666. The molecular formula is C16H15BrN2. The van der Waals surface area contributed by atoms with Crippen molar-refractivity contribution >= 4 is 21.6 Å². The lowest BCUT2D eigenvalue weighted by Crippen LogP contribution is -2.16. The maximum atomic E-state index is 8.87. The number of nitrogens with zero attached hydrogens (tertiary/aromatic N) is 2. The smallest absolute Gasteiger partial charge is 0.0992 e. The van der Waals surface area contributed by atoms with Gasteiger partial charge in [-0.05, 0) is 46.6 Å². The Hall–Kier alpha value is -1.79. The SMILES string of the molecule is Cc1cccc(CN(C)c2ccc(C#N)cc2Br)c1. The number of aryl methyl sites for hydroxylation is 1. The molecular weight excluding hydrogens is 300 g/mol. The number of benzene rings is 2. The number of hydrogen-bond acceptors (Lipinski definition) is 2. The van der Waals surface area contributed by atoms with Crippen molar-refractivity contribution in [3.8, 4) is 6.07 Å². The van der Waals surface area contributed by atoms with Crippen LogP contribution in [0.15, 0.2) is 46.9 Å². The van der Waals surface area contributed by atoms with Gasteiger partial charge in [-0.2, -0.15) is 5.26 Å². The Morgan fingerprint density at radius 3 is 2.63 bits per heavy atom. The van der Waals surface area contributed by atoms with Crippen LogP contribution in [0.3, 0.4) is 0 Å². The van der Waals surface area contributed by atoms with Crippen LogP contribution in [-0.2, 0) is 6.54 Å². The van der Waals surface area contributed by atoms with Crippen LogP contribution >= 0.6 is 15.9 Å². The molecule has 3 heteroatoms. The summed E-state index contributed by atoms with van der Waals surface area (Å²) in [7, 11) is 2.05. The zero-order chi connectivity index (χ0) is 13.8. The fourth-order valence-corrected chi connectivity index (χ4v) is 2.74. The summed E-state index contributed by atoms with van der Waals surface area (Å²) < 4.78 is 0.946. The van der Waals surface area contributed by atoms with Crippen LogP contribution in [0.4, 0.5) is 5.69 Å². The lowest BCUT2D eigenvalue weighted by Gasteiger charge is -2.21. The van der Waals surface area contributed by atoms with E-state index in [0.717, 1.165) is 16.7 Å². The molecule has 0 atom stereocenters. The van der Waals surface area contributed by atoms with Crippen LogP contribution in [-0.4, -0.2) is 7.05 Å². The molecule has 0 unspecified atom stereocenters. The average molecular weight is 315 g/mol. The molecule has 2 aromatic rings. The predicted octanol–water partition coefficient (Wildman–Crippen LogP) is 4.27. The Labute approximate surface area is 122 Å². The van der Waals surface area contributed by atoms with E-state index in [1.807, 2.05) is 18.2 Å². The van der Waals surface area contributed by atoms with Crippen LogP contribution in [0.2, 0.25) is 0 Å². The molecule has 0 aliphatic rings. The van der Waals surface area contributed by atoms with Gasteiger partial charge in [0.1, 0.15) is 0 Å². The topological polar surface area (TPSA) is 27.0 Å². The van der Waals surface area contributed by atoms with E-state index >= 15 is 0 Å². The molecule has 2 nitrogen and oxygen atoms in total. The quantitative estimate of drug-likeness (QED) is 0.846. The zero-order valence-electron chi connectivity index (χ0n) is 11.0. The molecule has 19 heavy (non-hydrogen) atoms. The van der Waals surface area contributed by atoms with Gasteiger partial charge >= 0.3 is 0 Å². The van der Waals surface area contributed by atoms with Crippen molar-refractivity contribution in [1.29, 1.82) is 5.26 Å². The van der Waals surface area contributed by atoms with Crippen LogP contribution in [0.1, 0.15) is 16.7 Å². The number of halogens is 1. The van der Waals surface area contributed by atoms with Gasteiger partial charge in [-0.15, -0.1) is 0 Å². The highest BCUT2D eigenvalue weighted by Gasteiger charge is 2.07. The normalized spacial score (nSPS) is 10.0. The number of anilines is 1. The van der Waals surface area contributed by atoms with Crippen LogP contribution in [0.25, 0.3) is 0 Å². The summed E-state index contributed by atoms with van der Waals surface area (Å²) in [4.78, 5) is 2.17. The zero-order valence-corrected chi connectivity index (χ0v) is 12.6. The molecule has 0 aliphatic heterocycles. The highest BCUT2D eigenvalue weighted by molar-refractivity contribution is 9.10. The number of nitriles is 1. The molecule has 0 heterocycles. The minimum Gasteiger partial charge on any atom is -0.369 e. The van der Waals surface area contributed by atoms with Crippen LogP contribution in [0.5, 0.6) is 0 Å². The third kappa shape index (κ3) is 3.36. The summed E-state index contributed by atoms with van der Waals surface area (Å²) >= 11 is 3.52. The number of rotatable bonds is 3. The third-order valence-electron chi connectivity index (χ3n) is 2.99. The molecule has 0 aliphatic carbocycles. The summed E-state index contributed by atoms with van der Waals surface area (Å²) in [5.74, 6) is 0. The largest absolute Gasteiger partial charge is 0.369 e. The van der Waals surface area contributed by atoms with Gasteiger partial charge in [-0.3, -0.25) is 0 Å². The van der Waals surface area contributed by atoms with Crippen molar-refractivity contribution in [2.75, 3.05) is 11.9 Å². The predicted molar refractivity (Wildman–Crippen MR) is 82.1 cm³/mol. The Bertz CT molecular complexity index is 629. The Morgan fingerprint density at radius 1 is 1.21 bits per heavy atom. The van der Waals surface area contributed by atoms with E-state index in [2.05, 4.69) is 65.1 Å². The Morgan fingerprint density at radius 2 is 2.00 bits per heavy atom. The van der Waals surface area contributed by atoms with Gasteiger partial charge in [0.2, 0.25) is 0 Å². The second kappa shape index (κ2) is 5.90. The van der Waals surface area contributed by atoms with Gasteiger partial charge in [-0.1, -0.05) is 29.8 Å². The van der Waals surface area contributed by atoms with E-state index in [-0.39, 0.29) is 0 Å². The maximum absolute atomic E-state index is 8.87. The maximum Gasteiger partial charge on any atom is 0.0992 e. The molecule has 2 rings (SSSR count). The van der Waals surface area contributed by atoms with Crippen molar-refractivity contribution in [1.82, 2.24) is 0 Å². The highest BCUT2D eigenvalue weighted by Crippen LogP contribution is 2.27. The molecule has 0 saturated heterocycles. The van der Waals surface area contributed by atoms with Gasteiger partial charge in [0.05, 0.1) is 17.3 Å². The summed E-state index contributed by atoms with van der Waals surface area (Å²) in [6, 6.07) is 16.3. The van der Waals surface area contributed by atoms with Crippen LogP contribution in [0, 0.1) is 18.3 Å². The Kier molecular flexibility index (Phi) is 4.24. The molecule has 0 spiro atoms. The number of hydrogen-bond donors (Lipinski definition) is 0.